The fourth-order valence-electron chi connectivity index (χ4n) is 3.35. The molecule has 1 aromatic heterocycles. The Kier molecular flexibility index (Phi) is 5.27. The van der Waals surface area contributed by atoms with E-state index in [1.807, 2.05) is 30.5 Å². The molecular weight excluding hydrogens is 344 g/mol. The van der Waals surface area contributed by atoms with Crippen LogP contribution >= 0.6 is 12.4 Å². The van der Waals surface area contributed by atoms with E-state index in [0.717, 1.165) is 42.8 Å². The average Bonchev–Trinajstić information content (AvgIpc) is 2.99. The number of carbonyl (C=O) groups excluding carboxylic acids is 2. The van der Waals surface area contributed by atoms with Gasteiger partial charge >= 0.3 is 6.03 Å². The maximum absolute atomic E-state index is 12.1. The molecule has 0 spiro atoms. The molecule has 25 heavy (non-hydrogen) atoms. The van der Waals surface area contributed by atoms with Gasteiger partial charge in [-0.25, -0.2) is 4.79 Å². The van der Waals surface area contributed by atoms with Crippen LogP contribution in [0.15, 0.2) is 30.5 Å². The molecular formula is C17H21ClN4O3. The van der Waals surface area contributed by atoms with Crippen LogP contribution in [0.4, 0.5) is 10.5 Å². The molecule has 2 N–H and O–H groups in total. The van der Waals surface area contributed by atoms with E-state index in [-0.39, 0.29) is 30.4 Å². The van der Waals surface area contributed by atoms with Crippen LogP contribution in [-0.2, 0) is 16.1 Å². The number of benzene rings is 1. The maximum Gasteiger partial charge on any atom is 0.328 e. The van der Waals surface area contributed by atoms with Gasteiger partial charge in [0.25, 0.3) is 0 Å². The predicted molar refractivity (Wildman–Crippen MR) is 97.3 cm³/mol. The second kappa shape index (κ2) is 7.43. The van der Waals surface area contributed by atoms with Crippen LogP contribution in [0.2, 0.25) is 0 Å². The SMILES string of the molecule is Cl.O=C1CCN(c2cccc3c2ccn3C[C@@H]2CNCCO2)C(=O)N1. The summed E-state index contributed by atoms with van der Waals surface area (Å²) in [5, 5.41) is 6.72. The Morgan fingerprint density at radius 2 is 2.12 bits per heavy atom. The number of rotatable bonds is 3. The van der Waals surface area contributed by atoms with Crippen LogP contribution in [0.3, 0.4) is 0 Å². The van der Waals surface area contributed by atoms with Gasteiger partial charge in [0.05, 0.1) is 30.5 Å². The standard InChI is InChI=1S/C17H20N4O3.ClH/c22-16-5-8-21(17(23)19-16)15-3-1-2-14-13(15)4-7-20(14)11-12-10-18-6-9-24-12;/h1-4,7,12,18H,5-6,8-11H2,(H,19,22,23);1H/t12-;/m0./s1. The number of carbonyl (C=O) groups is 2. The molecule has 7 nitrogen and oxygen atoms in total. The number of fused-ring (bicyclic) bond motifs is 1. The lowest BCUT2D eigenvalue weighted by Gasteiger charge is -2.27. The summed E-state index contributed by atoms with van der Waals surface area (Å²) in [6, 6.07) is 7.57. The first kappa shape index (κ1) is 17.7. The summed E-state index contributed by atoms with van der Waals surface area (Å²) in [4.78, 5) is 25.1. The van der Waals surface area contributed by atoms with Crippen LogP contribution in [0.5, 0.6) is 0 Å². The number of aromatic nitrogens is 1. The first-order valence-electron chi connectivity index (χ1n) is 8.24. The van der Waals surface area contributed by atoms with Gasteiger partial charge in [0.1, 0.15) is 0 Å². The number of hydrogen-bond donors (Lipinski definition) is 2. The Hall–Kier alpha value is -2.09. The molecule has 2 aliphatic rings. The fraction of sp³-hybridized carbons (Fsp3) is 0.412. The predicted octanol–water partition coefficient (Wildman–Crippen LogP) is 1.50. The number of hydrogen-bond acceptors (Lipinski definition) is 4. The van der Waals surface area contributed by atoms with Crippen molar-refractivity contribution in [1.82, 2.24) is 15.2 Å². The zero-order valence-electron chi connectivity index (χ0n) is 13.7. The van der Waals surface area contributed by atoms with E-state index in [4.69, 9.17) is 4.74 Å². The van der Waals surface area contributed by atoms with Crippen molar-refractivity contribution in [2.45, 2.75) is 19.1 Å². The topological polar surface area (TPSA) is 75.6 Å². The van der Waals surface area contributed by atoms with Crippen molar-refractivity contribution >= 4 is 40.9 Å². The molecule has 0 radical (unpaired) electrons. The molecule has 8 heteroatoms. The molecule has 4 rings (SSSR count). The Morgan fingerprint density at radius 3 is 2.88 bits per heavy atom. The molecule has 0 aliphatic carbocycles. The highest BCUT2D eigenvalue weighted by atomic mass is 35.5. The van der Waals surface area contributed by atoms with E-state index in [1.165, 1.54) is 0 Å². The van der Waals surface area contributed by atoms with Crippen molar-refractivity contribution in [3.8, 4) is 0 Å². The number of urea groups is 1. The molecule has 3 heterocycles. The van der Waals surface area contributed by atoms with Crippen molar-refractivity contribution in [3.63, 3.8) is 0 Å². The van der Waals surface area contributed by atoms with E-state index in [2.05, 4.69) is 15.2 Å². The molecule has 2 aromatic rings. The third-order valence-corrected chi connectivity index (χ3v) is 4.54. The largest absolute Gasteiger partial charge is 0.374 e. The number of nitrogens with zero attached hydrogens (tertiary/aromatic N) is 2. The van der Waals surface area contributed by atoms with Gasteiger partial charge in [-0.1, -0.05) is 6.07 Å². The quantitative estimate of drug-likeness (QED) is 0.865. The summed E-state index contributed by atoms with van der Waals surface area (Å²) in [7, 11) is 0. The monoisotopic (exact) mass is 364 g/mol. The average molecular weight is 365 g/mol. The molecule has 134 valence electrons. The van der Waals surface area contributed by atoms with Gasteiger partial charge in [-0.15, -0.1) is 12.4 Å². The zero-order chi connectivity index (χ0) is 16.5. The molecule has 2 saturated heterocycles. The van der Waals surface area contributed by atoms with Gasteiger partial charge in [-0.3, -0.25) is 15.0 Å². The van der Waals surface area contributed by atoms with E-state index >= 15 is 0 Å². The number of anilines is 1. The van der Waals surface area contributed by atoms with Crippen molar-refractivity contribution in [2.24, 2.45) is 0 Å². The van der Waals surface area contributed by atoms with Crippen LogP contribution in [0.1, 0.15) is 6.42 Å². The smallest absolute Gasteiger partial charge is 0.328 e. The number of ether oxygens (including phenoxy) is 1. The van der Waals surface area contributed by atoms with Crippen LogP contribution < -0.4 is 15.5 Å². The molecule has 0 saturated carbocycles. The number of imide groups is 1. The van der Waals surface area contributed by atoms with E-state index in [9.17, 15) is 9.59 Å². The van der Waals surface area contributed by atoms with Crippen molar-refractivity contribution in [3.05, 3.63) is 30.5 Å². The third kappa shape index (κ3) is 3.49. The molecule has 1 aromatic carbocycles. The molecule has 2 fully saturated rings. The van der Waals surface area contributed by atoms with Gasteiger partial charge < -0.3 is 14.6 Å². The van der Waals surface area contributed by atoms with Crippen LogP contribution in [-0.4, -0.2) is 48.9 Å². The lowest BCUT2D eigenvalue weighted by Crippen LogP contribution is -2.49. The third-order valence-electron chi connectivity index (χ3n) is 4.54. The minimum atomic E-state index is -0.355. The van der Waals surface area contributed by atoms with Crippen molar-refractivity contribution in [1.29, 1.82) is 0 Å². The Labute approximate surface area is 151 Å². The second-order valence-corrected chi connectivity index (χ2v) is 6.13. The van der Waals surface area contributed by atoms with Gasteiger partial charge in [-0.05, 0) is 18.2 Å². The van der Waals surface area contributed by atoms with Gasteiger partial charge in [0.15, 0.2) is 0 Å². The highest BCUT2D eigenvalue weighted by molar-refractivity contribution is 6.09. The summed E-state index contributed by atoms with van der Waals surface area (Å²) < 4.78 is 7.94. The Morgan fingerprint density at radius 1 is 1.24 bits per heavy atom. The van der Waals surface area contributed by atoms with E-state index < -0.39 is 0 Å². The Balaban J connectivity index is 0.00000182. The summed E-state index contributed by atoms with van der Waals surface area (Å²) in [6.45, 7) is 3.65. The lowest BCUT2D eigenvalue weighted by atomic mass is 10.1. The first-order valence-corrected chi connectivity index (χ1v) is 8.24. The van der Waals surface area contributed by atoms with Gasteiger partial charge in [0, 0.05) is 37.6 Å². The fourth-order valence-corrected chi connectivity index (χ4v) is 3.35. The first-order chi connectivity index (χ1) is 11.7. The lowest BCUT2D eigenvalue weighted by molar-refractivity contribution is -0.120. The van der Waals surface area contributed by atoms with Gasteiger partial charge in [0.2, 0.25) is 5.91 Å². The number of nitrogens with one attached hydrogen (secondary N) is 2. The minimum Gasteiger partial charge on any atom is -0.374 e. The molecule has 1 atom stereocenters. The highest BCUT2D eigenvalue weighted by Gasteiger charge is 2.26. The van der Waals surface area contributed by atoms with E-state index in [1.54, 1.807) is 4.90 Å². The van der Waals surface area contributed by atoms with Crippen LogP contribution in [0, 0.1) is 0 Å². The molecule has 2 aliphatic heterocycles. The summed E-state index contributed by atoms with van der Waals surface area (Å²) in [5.41, 5.74) is 1.89. The van der Waals surface area contributed by atoms with Gasteiger partial charge in [-0.2, -0.15) is 0 Å². The normalized spacial score (nSPS) is 21.1. The maximum atomic E-state index is 12.1. The number of morpholine rings is 1. The molecule has 3 amide bonds. The summed E-state index contributed by atoms with van der Waals surface area (Å²) >= 11 is 0. The summed E-state index contributed by atoms with van der Waals surface area (Å²) in [6.07, 6.45) is 2.50. The molecule has 0 unspecified atom stereocenters. The van der Waals surface area contributed by atoms with Crippen LogP contribution in [0.25, 0.3) is 10.9 Å². The number of amides is 3. The van der Waals surface area contributed by atoms with Crippen molar-refractivity contribution < 1.29 is 14.3 Å². The van der Waals surface area contributed by atoms with Crippen molar-refractivity contribution in [2.75, 3.05) is 31.1 Å². The van der Waals surface area contributed by atoms with E-state index in [0.29, 0.717) is 13.0 Å². The minimum absolute atomic E-state index is 0. The zero-order valence-corrected chi connectivity index (χ0v) is 14.6. The molecule has 0 bridgehead atoms. The highest BCUT2D eigenvalue weighted by Crippen LogP contribution is 2.29. The Bertz CT molecular complexity index is 785. The number of halogens is 1. The second-order valence-electron chi connectivity index (χ2n) is 6.13. The summed E-state index contributed by atoms with van der Waals surface area (Å²) in [5.74, 6) is -0.219.